The van der Waals surface area contributed by atoms with Crippen molar-refractivity contribution >= 4 is 17.6 Å². The number of carbonyl (C=O) groups excluding carboxylic acids is 1. The number of aliphatic imine (C=N–C) groups is 1. The van der Waals surface area contributed by atoms with Crippen LogP contribution >= 0.6 is 0 Å². The van der Waals surface area contributed by atoms with Crippen molar-refractivity contribution in [3.05, 3.63) is 29.8 Å². The van der Waals surface area contributed by atoms with E-state index in [1.54, 1.807) is 4.90 Å². The Kier molecular flexibility index (Phi) is 5.60. The largest absolute Gasteiger partial charge is 0.328 e. The molecule has 1 N–H and O–H groups in total. The third-order valence-electron chi connectivity index (χ3n) is 6.39. The highest BCUT2D eigenvalue weighted by Crippen LogP contribution is 2.38. The number of likely N-dealkylation sites (tertiary alicyclic amines) is 1. The molecular formula is C22H30F2N4O. The molecular weight excluding hydrogens is 374 g/mol. The molecule has 5 nitrogen and oxygen atoms in total. The molecule has 1 atom stereocenters. The third kappa shape index (κ3) is 4.02. The first-order valence-corrected chi connectivity index (χ1v) is 10.8. The predicted molar refractivity (Wildman–Crippen MR) is 110 cm³/mol. The van der Waals surface area contributed by atoms with Crippen molar-refractivity contribution in [2.45, 2.75) is 64.0 Å². The van der Waals surface area contributed by atoms with Crippen LogP contribution in [0.3, 0.4) is 0 Å². The number of halogens is 2. The molecule has 0 radical (unpaired) electrons. The number of hydrogen-bond acceptors (Lipinski definition) is 3. The molecule has 7 heteroatoms. The molecule has 3 fully saturated rings. The number of benzene rings is 1. The number of anilines is 1. The predicted octanol–water partition coefficient (Wildman–Crippen LogP) is 4.33. The van der Waals surface area contributed by atoms with Gasteiger partial charge in [-0.05, 0) is 50.3 Å². The molecule has 1 aliphatic carbocycles. The number of nitrogens with zero attached hydrogens (tertiary/aromatic N) is 3. The Morgan fingerprint density at radius 1 is 1.21 bits per heavy atom. The van der Waals surface area contributed by atoms with Crippen LogP contribution < -0.4 is 10.2 Å². The van der Waals surface area contributed by atoms with Crippen LogP contribution in [0.4, 0.5) is 19.3 Å². The third-order valence-corrected chi connectivity index (χ3v) is 6.39. The van der Waals surface area contributed by atoms with Gasteiger partial charge >= 0.3 is 6.03 Å². The number of urea groups is 1. The number of rotatable bonds is 5. The lowest BCUT2D eigenvalue weighted by Crippen LogP contribution is -2.52. The summed E-state index contributed by atoms with van der Waals surface area (Å²) in [6, 6.07) is 3.18. The van der Waals surface area contributed by atoms with E-state index in [2.05, 4.69) is 24.1 Å². The fraction of sp³-hybridized carbons (Fsp3) is 0.636. The summed E-state index contributed by atoms with van der Waals surface area (Å²) < 4.78 is 27.9. The van der Waals surface area contributed by atoms with E-state index in [1.807, 2.05) is 0 Å². The number of carbonyl (C=O) groups is 1. The van der Waals surface area contributed by atoms with Crippen LogP contribution in [-0.2, 0) is 0 Å². The summed E-state index contributed by atoms with van der Waals surface area (Å²) in [5.41, 5.74) is -0.431. The zero-order valence-electron chi connectivity index (χ0n) is 17.3. The van der Waals surface area contributed by atoms with Crippen molar-refractivity contribution in [3.8, 4) is 0 Å². The molecule has 2 heterocycles. The molecule has 1 aromatic rings. The first-order valence-electron chi connectivity index (χ1n) is 10.8. The van der Waals surface area contributed by atoms with Crippen LogP contribution in [0.25, 0.3) is 0 Å². The number of nitrogens with one attached hydrogen (secondary N) is 1. The average Bonchev–Trinajstić information content (AvgIpc) is 3.34. The van der Waals surface area contributed by atoms with E-state index < -0.39 is 17.2 Å². The summed E-state index contributed by atoms with van der Waals surface area (Å²) in [5.74, 6) is -0.0985. The molecule has 2 amide bonds. The molecule has 158 valence electrons. The monoisotopic (exact) mass is 404 g/mol. The smallest absolute Gasteiger partial charge is 0.300 e. The molecule has 0 bridgehead atoms. The Morgan fingerprint density at radius 2 is 1.90 bits per heavy atom. The summed E-state index contributed by atoms with van der Waals surface area (Å²) in [6.07, 6.45) is 6.14. The molecule has 2 aliphatic heterocycles. The molecule has 0 aromatic heterocycles. The molecule has 1 spiro atoms. The zero-order chi connectivity index (χ0) is 20.6. The molecule has 1 unspecified atom stereocenters. The van der Waals surface area contributed by atoms with Gasteiger partial charge in [-0.3, -0.25) is 15.2 Å². The second-order valence-electron chi connectivity index (χ2n) is 9.05. The van der Waals surface area contributed by atoms with Gasteiger partial charge in [-0.25, -0.2) is 13.6 Å². The van der Waals surface area contributed by atoms with Gasteiger partial charge in [-0.2, -0.15) is 0 Å². The van der Waals surface area contributed by atoms with Crippen molar-refractivity contribution in [3.63, 3.8) is 0 Å². The minimum absolute atomic E-state index is 0.219. The second kappa shape index (κ2) is 8.01. The van der Waals surface area contributed by atoms with Crippen LogP contribution in [0.5, 0.6) is 0 Å². The van der Waals surface area contributed by atoms with Gasteiger partial charge in [0.25, 0.3) is 0 Å². The van der Waals surface area contributed by atoms with Gasteiger partial charge in [-0.1, -0.05) is 26.7 Å². The lowest BCUT2D eigenvalue weighted by atomic mass is 9.95. The summed E-state index contributed by atoms with van der Waals surface area (Å²) in [6.45, 7) is 6.79. The second-order valence-corrected chi connectivity index (χ2v) is 9.05. The van der Waals surface area contributed by atoms with E-state index in [1.165, 1.54) is 12.1 Å². The average molecular weight is 405 g/mol. The van der Waals surface area contributed by atoms with Gasteiger partial charge in [0.15, 0.2) is 0 Å². The fourth-order valence-corrected chi connectivity index (χ4v) is 4.85. The lowest BCUT2D eigenvalue weighted by molar-refractivity contribution is 0.250. The van der Waals surface area contributed by atoms with E-state index in [9.17, 15) is 13.6 Å². The first-order chi connectivity index (χ1) is 13.9. The highest BCUT2D eigenvalue weighted by Gasteiger charge is 2.55. The SMILES string of the molecule is CC(C)CCN1CCC2(C1)C(=NC1CCCC1)NC(=O)N2c1cc(F)cc(F)c1. The zero-order valence-corrected chi connectivity index (χ0v) is 17.3. The topological polar surface area (TPSA) is 47.9 Å². The Hall–Kier alpha value is -2.02. The number of amides is 2. The first kappa shape index (κ1) is 20.3. The van der Waals surface area contributed by atoms with Crippen LogP contribution in [-0.4, -0.2) is 48.0 Å². The summed E-state index contributed by atoms with van der Waals surface area (Å²) in [7, 11) is 0. The van der Waals surface area contributed by atoms with Gasteiger partial charge in [-0.15, -0.1) is 0 Å². The normalized spacial score (nSPS) is 27.1. The maximum atomic E-state index is 14.0. The Bertz CT molecular complexity index is 786. The Labute approximate surface area is 171 Å². The Morgan fingerprint density at radius 3 is 2.55 bits per heavy atom. The van der Waals surface area contributed by atoms with Crippen molar-refractivity contribution in [2.24, 2.45) is 10.9 Å². The van der Waals surface area contributed by atoms with Gasteiger partial charge in [0.2, 0.25) is 0 Å². The quantitative estimate of drug-likeness (QED) is 0.794. The highest BCUT2D eigenvalue weighted by atomic mass is 19.1. The molecule has 3 aliphatic rings. The fourth-order valence-electron chi connectivity index (χ4n) is 4.85. The van der Waals surface area contributed by atoms with E-state index in [-0.39, 0.29) is 17.8 Å². The van der Waals surface area contributed by atoms with Crippen molar-refractivity contribution in [2.75, 3.05) is 24.5 Å². The van der Waals surface area contributed by atoms with E-state index in [0.29, 0.717) is 24.7 Å². The van der Waals surface area contributed by atoms with Crippen molar-refractivity contribution in [1.29, 1.82) is 0 Å². The molecule has 1 saturated carbocycles. The highest BCUT2D eigenvalue weighted by molar-refractivity contribution is 6.19. The summed E-state index contributed by atoms with van der Waals surface area (Å²) in [5, 5.41) is 2.95. The van der Waals surface area contributed by atoms with Crippen molar-refractivity contribution < 1.29 is 13.6 Å². The van der Waals surface area contributed by atoms with Gasteiger partial charge in [0.1, 0.15) is 23.0 Å². The lowest BCUT2D eigenvalue weighted by Gasteiger charge is -2.34. The minimum atomic E-state index is -0.684. The maximum absolute atomic E-state index is 14.0. The van der Waals surface area contributed by atoms with Crippen LogP contribution in [0.2, 0.25) is 0 Å². The number of hydrogen-bond donors (Lipinski definition) is 1. The standard InChI is InChI=1S/C22H30F2N4O/c1-15(2)7-9-27-10-8-22(14-27)20(25-18-5-3-4-6-18)26-21(29)28(22)19-12-16(23)11-17(24)13-19/h11-13,15,18H,3-10,14H2,1-2H3,(H,25,26,29). The van der Waals surface area contributed by atoms with Gasteiger partial charge < -0.3 is 4.90 Å². The van der Waals surface area contributed by atoms with Gasteiger partial charge in [0, 0.05) is 19.2 Å². The summed E-state index contributed by atoms with van der Waals surface area (Å²) >= 11 is 0. The van der Waals surface area contributed by atoms with Crippen molar-refractivity contribution in [1.82, 2.24) is 10.2 Å². The summed E-state index contributed by atoms with van der Waals surface area (Å²) in [4.78, 5) is 21.8. The maximum Gasteiger partial charge on any atom is 0.328 e. The van der Waals surface area contributed by atoms with E-state index in [4.69, 9.17) is 4.99 Å². The molecule has 1 aromatic carbocycles. The number of amidine groups is 1. The minimum Gasteiger partial charge on any atom is -0.300 e. The van der Waals surface area contributed by atoms with E-state index in [0.717, 1.165) is 51.3 Å². The van der Waals surface area contributed by atoms with Crippen LogP contribution in [0, 0.1) is 17.6 Å². The molecule has 29 heavy (non-hydrogen) atoms. The van der Waals surface area contributed by atoms with Gasteiger partial charge in [0.05, 0.1) is 11.7 Å². The van der Waals surface area contributed by atoms with E-state index >= 15 is 0 Å². The molecule has 4 rings (SSSR count). The van der Waals surface area contributed by atoms with Crippen LogP contribution in [0.15, 0.2) is 23.2 Å². The van der Waals surface area contributed by atoms with Crippen LogP contribution in [0.1, 0.15) is 52.4 Å². The Balaban J connectivity index is 1.70. The molecule has 2 saturated heterocycles.